The Labute approximate surface area is 134 Å². The van der Waals surface area contributed by atoms with E-state index in [1.165, 1.54) is 35.6 Å². The molecule has 0 aliphatic heterocycles. The summed E-state index contributed by atoms with van der Waals surface area (Å²) >= 11 is 1.33. The Morgan fingerprint density at radius 1 is 1.13 bits per heavy atom. The maximum atomic E-state index is 12.4. The van der Waals surface area contributed by atoms with Crippen LogP contribution in [0.4, 0.5) is 14.5 Å². The number of nitrogens with one attached hydrogen (secondary N) is 1. The third kappa shape index (κ3) is 3.57. The highest BCUT2D eigenvalue weighted by Gasteiger charge is 2.14. The van der Waals surface area contributed by atoms with E-state index in [-0.39, 0.29) is 11.7 Å². The normalized spacial score (nSPS) is 10.7. The molecule has 0 aliphatic carbocycles. The number of hydrogen-bond acceptors (Lipinski definition) is 3. The van der Waals surface area contributed by atoms with E-state index in [9.17, 15) is 13.6 Å². The molecule has 0 atom stereocenters. The highest BCUT2D eigenvalue weighted by Crippen LogP contribution is 2.24. The lowest BCUT2D eigenvalue weighted by Crippen LogP contribution is -2.12. The van der Waals surface area contributed by atoms with Gasteiger partial charge in [-0.05, 0) is 47.8 Å². The Balaban J connectivity index is 1.74. The molecule has 0 aliphatic rings. The number of anilines is 1. The number of aromatic nitrogens is 1. The van der Waals surface area contributed by atoms with Crippen molar-refractivity contribution in [2.45, 2.75) is 6.61 Å². The van der Waals surface area contributed by atoms with Gasteiger partial charge in [0.2, 0.25) is 0 Å². The van der Waals surface area contributed by atoms with Crippen molar-refractivity contribution in [3.63, 3.8) is 0 Å². The molecule has 0 fully saturated rings. The molecular formula is C16H12F2N2O2S. The van der Waals surface area contributed by atoms with Crippen molar-refractivity contribution in [2.24, 2.45) is 0 Å². The third-order valence-corrected chi connectivity index (χ3v) is 3.97. The number of hydrogen-bond donors (Lipinski definition) is 1. The first-order chi connectivity index (χ1) is 11.1. The fourth-order valence-corrected chi connectivity index (χ4v) is 2.86. The van der Waals surface area contributed by atoms with Gasteiger partial charge in [-0.2, -0.15) is 8.78 Å². The van der Waals surface area contributed by atoms with Gasteiger partial charge in [0, 0.05) is 18.1 Å². The second-order valence-corrected chi connectivity index (χ2v) is 5.50. The zero-order valence-electron chi connectivity index (χ0n) is 11.8. The minimum Gasteiger partial charge on any atom is -0.435 e. The molecule has 3 aromatic rings. The average molecular weight is 334 g/mol. The summed E-state index contributed by atoms with van der Waals surface area (Å²) in [7, 11) is 0. The highest BCUT2D eigenvalue weighted by atomic mass is 32.1. The number of carbonyl (C=O) groups is 1. The molecule has 0 unspecified atom stereocenters. The van der Waals surface area contributed by atoms with Crippen LogP contribution in [0.5, 0.6) is 5.75 Å². The van der Waals surface area contributed by atoms with Gasteiger partial charge in [-0.3, -0.25) is 4.79 Å². The summed E-state index contributed by atoms with van der Waals surface area (Å²) in [6.45, 7) is -2.87. The van der Waals surface area contributed by atoms with Gasteiger partial charge in [-0.15, -0.1) is 11.3 Å². The minimum atomic E-state index is -2.87. The summed E-state index contributed by atoms with van der Waals surface area (Å²) in [5.41, 5.74) is 1.29. The van der Waals surface area contributed by atoms with Crippen molar-refractivity contribution >= 4 is 22.9 Å². The van der Waals surface area contributed by atoms with E-state index in [1.807, 2.05) is 40.5 Å². The Hall–Kier alpha value is -2.67. The monoisotopic (exact) mass is 334 g/mol. The van der Waals surface area contributed by atoms with Crippen molar-refractivity contribution in [3.05, 3.63) is 65.1 Å². The molecule has 0 saturated carbocycles. The van der Waals surface area contributed by atoms with Gasteiger partial charge in [0.15, 0.2) is 0 Å². The van der Waals surface area contributed by atoms with Gasteiger partial charge in [0.1, 0.15) is 10.6 Å². The third-order valence-electron chi connectivity index (χ3n) is 3.07. The number of carbonyl (C=O) groups excluding carboxylic acids is 1. The Kier molecular flexibility index (Phi) is 4.38. The number of benzene rings is 1. The molecule has 1 amide bonds. The van der Waals surface area contributed by atoms with Crippen molar-refractivity contribution in [1.82, 2.24) is 4.57 Å². The number of halogens is 2. The lowest BCUT2D eigenvalue weighted by atomic mass is 10.3. The molecule has 1 aromatic carbocycles. The number of nitrogens with zero attached hydrogens (tertiary/aromatic N) is 1. The minimum absolute atomic E-state index is 0.0437. The van der Waals surface area contributed by atoms with Gasteiger partial charge in [-0.25, -0.2) is 0 Å². The zero-order valence-corrected chi connectivity index (χ0v) is 12.6. The van der Waals surface area contributed by atoms with Crippen LogP contribution >= 0.6 is 11.3 Å². The largest absolute Gasteiger partial charge is 0.435 e. The Morgan fingerprint density at radius 3 is 2.48 bits per heavy atom. The van der Waals surface area contributed by atoms with Crippen LogP contribution in [0.2, 0.25) is 0 Å². The van der Waals surface area contributed by atoms with Crippen molar-refractivity contribution < 1.29 is 18.3 Å². The molecule has 0 radical (unpaired) electrons. The van der Waals surface area contributed by atoms with Gasteiger partial charge < -0.3 is 14.6 Å². The van der Waals surface area contributed by atoms with Crippen LogP contribution in [0.25, 0.3) is 5.69 Å². The van der Waals surface area contributed by atoms with E-state index < -0.39 is 6.61 Å². The lowest BCUT2D eigenvalue weighted by Gasteiger charge is -2.08. The second kappa shape index (κ2) is 6.62. The van der Waals surface area contributed by atoms with E-state index in [0.717, 1.165) is 5.69 Å². The van der Waals surface area contributed by atoms with Crippen LogP contribution in [0, 0.1) is 0 Å². The number of thiophene rings is 1. The molecular weight excluding hydrogens is 322 g/mol. The first-order valence-corrected chi connectivity index (χ1v) is 7.58. The maximum Gasteiger partial charge on any atom is 0.387 e. The second-order valence-electron chi connectivity index (χ2n) is 4.58. The van der Waals surface area contributed by atoms with E-state index in [2.05, 4.69) is 10.1 Å². The molecule has 0 bridgehead atoms. The van der Waals surface area contributed by atoms with Crippen LogP contribution in [0.15, 0.2) is 60.2 Å². The lowest BCUT2D eigenvalue weighted by molar-refractivity contribution is -0.0498. The van der Waals surface area contributed by atoms with Crippen LogP contribution < -0.4 is 10.1 Å². The summed E-state index contributed by atoms with van der Waals surface area (Å²) in [4.78, 5) is 13.0. The Morgan fingerprint density at radius 2 is 1.83 bits per heavy atom. The molecule has 2 aromatic heterocycles. The van der Waals surface area contributed by atoms with E-state index >= 15 is 0 Å². The number of ether oxygens (including phenoxy) is 1. The van der Waals surface area contributed by atoms with Crippen molar-refractivity contribution in [2.75, 3.05) is 5.32 Å². The summed E-state index contributed by atoms with van der Waals surface area (Å²) in [5.74, 6) is -0.214. The predicted octanol–water partition coefficient (Wildman–Crippen LogP) is 4.39. The fourth-order valence-electron chi connectivity index (χ4n) is 2.08. The summed E-state index contributed by atoms with van der Waals surface area (Å²) in [5, 5.41) is 4.58. The van der Waals surface area contributed by atoms with Gasteiger partial charge in [-0.1, -0.05) is 0 Å². The van der Waals surface area contributed by atoms with Crippen LogP contribution in [-0.4, -0.2) is 17.1 Å². The van der Waals surface area contributed by atoms with Crippen LogP contribution in [0.3, 0.4) is 0 Å². The average Bonchev–Trinajstić information content (AvgIpc) is 3.19. The molecule has 4 nitrogen and oxygen atoms in total. The SMILES string of the molecule is O=C(Nc1ccc(OC(F)F)cc1)c1sccc1-n1cccc1. The highest BCUT2D eigenvalue weighted by molar-refractivity contribution is 7.12. The quantitative estimate of drug-likeness (QED) is 0.752. The number of amides is 1. The summed E-state index contributed by atoms with van der Waals surface area (Å²) in [6.07, 6.45) is 3.71. The van der Waals surface area contributed by atoms with Gasteiger partial charge in [0.25, 0.3) is 5.91 Å². The van der Waals surface area contributed by atoms with Crippen LogP contribution in [-0.2, 0) is 0 Å². The number of rotatable bonds is 5. The smallest absolute Gasteiger partial charge is 0.387 e. The molecule has 0 spiro atoms. The first kappa shape index (κ1) is 15.2. The molecule has 7 heteroatoms. The van der Waals surface area contributed by atoms with Crippen molar-refractivity contribution in [3.8, 4) is 11.4 Å². The fraction of sp³-hybridized carbons (Fsp3) is 0.0625. The molecule has 2 heterocycles. The molecule has 118 valence electrons. The number of alkyl halides is 2. The predicted molar refractivity (Wildman–Crippen MR) is 84.7 cm³/mol. The summed E-state index contributed by atoms with van der Waals surface area (Å²) < 4.78 is 30.3. The molecule has 1 N–H and O–H groups in total. The van der Waals surface area contributed by atoms with Gasteiger partial charge in [0.05, 0.1) is 5.69 Å². The van der Waals surface area contributed by atoms with E-state index in [1.54, 1.807) is 0 Å². The topological polar surface area (TPSA) is 43.3 Å². The summed E-state index contributed by atoms with van der Waals surface area (Å²) in [6, 6.07) is 11.4. The first-order valence-electron chi connectivity index (χ1n) is 6.70. The zero-order chi connectivity index (χ0) is 16.2. The molecule has 0 saturated heterocycles. The Bertz CT molecular complexity index is 783. The van der Waals surface area contributed by atoms with Gasteiger partial charge >= 0.3 is 6.61 Å². The standard InChI is InChI=1S/C16H12F2N2O2S/c17-16(18)22-12-5-3-11(4-6-12)19-15(21)14-13(7-10-23-14)20-8-1-2-9-20/h1-10,16H,(H,19,21). The van der Waals surface area contributed by atoms with Crippen molar-refractivity contribution in [1.29, 1.82) is 0 Å². The molecule has 23 heavy (non-hydrogen) atoms. The van der Waals surface area contributed by atoms with Crippen LogP contribution in [0.1, 0.15) is 9.67 Å². The van der Waals surface area contributed by atoms with E-state index in [0.29, 0.717) is 10.6 Å². The molecule has 3 rings (SSSR count). The van der Waals surface area contributed by atoms with E-state index in [4.69, 9.17) is 0 Å². The maximum absolute atomic E-state index is 12.4.